The Labute approximate surface area is 177 Å². The molecule has 158 valence electrons. The average Bonchev–Trinajstić information content (AvgIpc) is 3.17. The third-order valence-electron chi connectivity index (χ3n) is 4.56. The SMILES string of the molecule is CCCCCC(=O)N(C)Cc1cc(-c2cccc(OCC)c2OC(=O)CC)cs1. The maximum absolute atomic E-state index is 12.3. The van der Waals surface area contributed by atoms with Gasteiger partial charge in [-0.3, -0.25) is 9.59 Å². The molecule has 0 spiro atoms. The minimum atomic E-state index is -0.300. The summed E-state index contributed by atoms with van der Waals surface area (Å²) in [6.07, 6.45) is 4.01. The van der Waals surface area contributed by atoms with Crippen LogP contribution in [0.2, 0.25) is 0 Å². The van der Waals surface area contributed by atoms with Gasteiger partial charge in [0.15, 0.2) is 11.5 Å². The Morgan fingerprint density at radius 1 is 1.14 bits per heavy atom. The van der Waals surface area contributed by atoms with Gasteiger partial charge in [0, 0.05) is 30.3 Å². The monoisotopic (exact) mass is 417 g/mol. The van der Waals surface area contributed by atoms with Crippen LogP contribution in [0, 0.1) is 0 Å². The molecule has 0 saturated heterocycles. The van der Waals surface area contributed by atoms with Crippen molar-refractivity contribution in [3.8, 4) is 22.6 Å². The zero-order valence-corrected chi connectivity index (χ0v) is 18.6. The van der Waals surface area contributed by atoms with E-state index in [9.17, 15) is 9.59 Å². The van der Waals surface area contributed by atoms with Crippen molar-refractivity contribution in [1.82, 2.24) is 4.90 Å². The van der Waals surface area contributed by atoms with Gasteiger partial charge in [0.25, 0.3) is 0 Å². The number of hydrogen-bond acceptors (Lipinski definition) is 5. The molecule has 1 amide bonds. The van der Waals surface area contributed by atoms with Gasteiger partial charge in [0.2, 0.25) is 5.91 Å². The first kappa shape index (κ1) is 22.9. The van der Waals surface area contributed by atoms with E-state index in [-0.39, 0.29) is 11.9 Å². The predicted molar refractivity (Wildman–Crippen MR) is 117 cm³/mol. The lowest BCUT2D eigenvalue weighted by molar-refractivity contribution is -0.134. The maximum atomic E-state index is 12.3. The Bertz CT molecular complexity index is 815. The summed E-state index contributed by atoms with van der Waals surface area (Å²) in [6.45, 7) is 6.86. The molecule has 2 aromatic rings. The van der Waals surface area contributed by atoms with Crippen LogP contribution in [-0.2, 0) is 16.1 Å². The molecule has 1 aromatic carbocycles. The molecule has 0 radical (unpaired) electrons. The fourth-order valence-electron chi connectivity index (χ4n) is 2.95. The number of carbonyl (C=O) groups excluding carboxylic acids is 2. The van der Waals surface area contributed by atoms with Crippen molar-refractivity contribution in [1.29, 1.82) is 0 Å². The largest absolute Gasteiger partial charge is 0.490 e. The number of ether oxygens (including phenoxy) is 2. The Hall–Kier alpha value is -2.34. The van der Waals surface area contributed by atoms with Gasteiger partial charge < -0.3 is 14.4 Å². The second kappa shape index (κ2) is 11.6. The normalized spacial score (nSPS) is 10.6. The van der Waals surface area contributed by atoms with E-state index in [1.807, 2.05) is 31.5 Å². The molecular formula is C23H31NO4S. The summed E-state index contributed by atoms with van der Waals surface area (Å²) in [4.78, 5) is 27.1. The standard InChI is InChI=1S/C23H31NO4S/c1-5-8-9-13-21(25)24(4)15-18-14-17(16-29-18)19-11-10-12-20(27-7-3)23(19)28-22(26)6-2/h10-12,14,16H,5-9,13,15H2,1-4H3. The first-order valence-corrected chi connectivity index (χ1v) is 11.2. The molecule has 0 N–H and O–H groups in total. The highest BCUT2D eigenvalue weighted by atomic mass is 32.1. The topological polar surface area (TPSA) is 55.8 Å². The second-order valence-corrected chi connectivity index (χ2v) is 7.90. The van der Waals surface area contributed by atoms with Crippen molar-refractivity contribution >= 4 is 23.2 Å². The number of hydrogen-bond donors (Lipinski definition) is 0. The lowest BCUT2D eigenvalue weighted by Crippen LogP contribution is -2.25. The molecule has 0 bridgehead atoms. The van der Waals surface area contributed by atoms with E-state index in [1.54, 1.807) is 29.2 Å². The Morgan fingerprint density at radius 3 is 2.62 bits per heavy atom. The van der Waals surface area contributed by atoms with E-state index in [0.29, 0.717) is 37.5 Å². The van der Waals surface area contributed by atoms with Crippen LogP contribution in [0.3, 0.4) is 0 Å². The van der Waals surface area contributed by atoms with Crippen molar-refractivity contribution in [3.05, 3.63) is 34.5 Å². The summed E-state index contributed by atoms with van der Waals surface area (Å²) in [5.41, 5.74) is 1.77. The highest BCUT2D eigenvalue weighted by molar-refractivity contribution is 7.10. The van der Waals surface area contributed by atoms with E-state index in [2.05, 4.69) is 13.0 Å². The summed E-state index contributed by atoms with van der Waals surface area (Å²) in [5.74, 6) is 0.882. The molecule has 0 atom stereocenters. The number of para-hydroxylation sites is 1. The lowest BCUT2D eigenvalue weighted by Gasteiger charge is -2.16. The highest BCUT2D eigenvalue weighted by Gasteiger charge is 2.18. The number of amides is 1. The second-order valence-electron chi connectivity index (χ2n) is 6.90. The lowest BCUT2D eigenvalue weighted by atomic mass is 10.1. The summed E-state index contributed by atoms with van der Waals surface area (Å²) in [6, 6.07) is 7.67. The molecule has 29 heavy (non-hydrogen) atoms. The predicted octanol–water partition coefficient (Wildman–Crippen LogP) is 5.67. The van der Waals surface area contributed by atoms with Gasteiger partial charge in [-0.1, -0.05) is 38.8 Å². The van der Waals surface area contributed by atoms with Crippen LogP contribution in [-0.4, -0.2) is 30.4 Å². The Morgan fingerprint density at radius 2 is 1.93 bits per heavy atom. The summed E-state index contributed by atoms with van der Waals surface area (Å²) < 4.78 is 11.3. The Balaban J connectivity index is 2.19. The van der Waals surface area contributed by atoms with Crippen LogP contribution in [0.25, 0.3) is 11.1 Å². The quantitative estimate of drug-likeness (QED) is 0.269. The van der Waals surface area contributed by atoms with Crippen LogP contribution in [0.4, 0.5) is 0 Å². The molecule has 2 rings (SSSR count). The van der Waals surface area contributed by atoms with Crippen LogP contribution < -0.4 is 9.47 Å². The third kappa shape index (κ3) is 6.60. The fraction of sp³-hybridized carbons (Fsp3) is 0.478. The maximum Gasteiger partial charge on any atom is 0.311 e. The highest BCUT2D eigenvalue weighted by Crippen LogP contribution is 2.40. The molecule has 0 saturated carbocycles. The van der Waals surface area contributed by atoms with E-state index in [0.717, 1.165) is 35.3 Å². The number of rotatable bonds is 11. The summed E-state index contributed by atoms with van der Waals surface area (Å²) in [7, 11) is 1.85. The molecular weight excluding hydrogens is 386 g/mol. The van der Waals surface area contributed by atoms with Crippen LogP contribution >= 0.6 is 11.3 Å². The number of nitrogens with zero attached hydrogens (tertiary/aromatic N) is 1. The van der Waals surface area contributed by atoms with Gasteiger partial charge in [0.05, 0.1) is 13.2 Å². The van der Waals surface area contributed by atoms with E-state index in [1.165, 1.54) is 0 Å². The van der Waals surface area contributed by atoms with Gasteiger partial charge in [-0.25, -0.2) is 0 Å². The number of esters is 1. The average molecular weight is 418 g/mol. The first-order chi connectivity index (χ1) is 14.0. The number of unbranched alkanes of at least 4 members (excludes halogenated alkanes) is 2. The van der Waals surface area contributed by atoms with Crippen molar-refractivity contribution < 1.29 is 19.1 Å². The smallest absolute Gasteiger partial charge is 0.311 e. The molecule has 5 nitrogen and oxygen atoms in total. The third-order valence-corrected chi connectivity index (χ3v) is 5.48. The van der Waals surface area contributed by atoms with Crippen molar-refractivity contribution in [2.45, 2.75) is 59.4 Å². The number of benzene rings is 1. The van der Waals surface area contributed by atoms with Gasteiger partial charge in [0.1, 0.15) is 0 Å². The molecule has 0 aliphatic heterocycles. The molecule has 1 heterocycles. The Kier molecular flexibility index (Phi) is 9.19. The minimum absolute atomic E-state index is 0.171. The van der Waals surface area contributed by atoms with E-state index < -0.39 is 0 Å². The number of carbonyl (C=O) groups is 2. The zero-order chi connectivity index (χ0) is 21.2. The van der Waals surface area contributed by atoms with Crippen molar-refractivity contribution in [3.63, 3.8) is 0 Å². The minimum Gasteiger partial charge on any atom is -0.490 e. The molecule has 0 aliphatic carbocycles. The van der Waals surface area contributed by atoms with Crippen molar-refractivity contribution in [2.75, 3.05) is 13.7 Å². The van der Waals surface area contributed by atoms with Gasteiger partial charge in [-0.05, 0) is 36.4 Å². The molecule has 6 heteroatoms. The van der Waals surface area contributed by atoms with Gasteiger partial charge in [-0.2, -0.15) is 0 Å². The fourth-order valence-corrected chi connectivity index (χ4v) is 3.88. The summed E-state index contributed by atoms with van der Waals surface area (Å²) >= 11 is 1.60. The van der Waals surface area contributed by atoms with E-state index >= 15 is 0 Å². The van der Waals surface area contributed by atoms with Gasteiger partial charge >= 0.3 is 5.97 Å². The molecule has 0 unspecified atom stereocenters. The molecule has 0 fully saturated rings. The summed E-state index contributed by atoms with van der Waals surface area (Å²) in [5, 5.41) is 2.03. The van der Waals surface area contributed by atoms with Crippen LogP contribution in [0.5, 0.6) is 11.5 Å². The van der Waals surface area contributed by atoms with Crippen LogP contribution in [0.1, 0.15) is 57.8 Å². The number of thiophene rings is 1. The molecule has 1 aromatic heterocycles. The van der Waals surface area contributed by atoms with Crippen molar-refractivity contribution in [2.24, 2.45) is 0 Å². The van der Waals surface area contributed by atoms with Crippen LogP contribution in [0.15, 0.2) is 29.6 Å². The van der Waals surface area contributed by atoms with E-state index in [4.69, 9.17) is 9.47 Å². The zero-order valence-electron chi connectivity index (χ0n) is 17.8. The molecule has 0 aliphatic rings. The van der Waals surface area contributed by atoms with Gasteiger partial charge in [-0.15, -0.1) is 11.3 Å². The first-order valence-electron chi connectivity index (χ1n) is 10.3.